The molecule has 0 radical (unpaired) electrons. The van der Waals surface area contributed by atoms with Gasteiger partial charge in [-0.1, -0.05) is 11.6 Å². The molecule has 0 fully saturated rings. The zero-order chi connectivity index (χ0) is 17.3. The first-order valence-electron chi connectivity index (χ1n) is 8.27. The molecule has 0 N–H and O–H groups in total. The fourth-order valence-corrected chi connectivity index (χ4v) is 3.01. The van der Waals surface area contributed by atoms with Gasteiger partial charge in [0.1, 0.15) is 5.75 Å². The van der Waals surface area contributed by atoms with Crippen LogP contribution in [-0.2, 0) is 6.54 Å². The molecular formula is C20H23ClN2O. The van der Waals surface area contributed by atoms with E-state index in [9.17, 15) is 0 Å². The highest BCUT2D eigenvalue weighted by Gasteiger charge is 2.06. The first-order valence-corrected chi connectivity index (χ1v) is 8.65. The highest BCUT2D eigenvalue weighted by Crippen LogP contribution is 2.26. The van der Waals surface area contributed by atoms with Gasteiger partial charge in [0.15, 0.2) is 0 Å². The second-order valence-corrected chi connectivity index (χ2v) is 6.81. The van der Waals surface area contributed by atoms with Gasteiger partial charge in [0.25, 0.3) is 0 Å². The number of rotatable bonds is 5. The van der Waals surface area contributed by atoms with Crippen molar-refractivity contribution in [1.29, 1.82) is 0 Å². The van der Waals surface area contributed by atoms with Crippen LogP contribution in [0.3, 0.4) is 0 Å². The minimum atomic E-state index is 0.672. The summed E-state index contributed by atoms with van der Waals surface area (Å²) in [5, 5.41) is 0.817. The molecule has 3 nitrogen and oxygen atoms in total. The molecule has 0 spiro atoms. The van der Waals surface area contributed by atoms with Gasteiger partial charge in [-0.15, -0.1) is 0 Å². The predicted molar refractivity (Wildman–Crippen MR) is 100 cm³/mol. The number of imidazole rings is 1. The Labute approximate surface area is 148 Å². The topological polar surface area (TPSA) is 27.1 Å². The largest absolute Gasteiger partial charge is 0.494 e. The van der Waals surface area contributed by atoms with Crippen molar-refractivity contribution in [1.82, 2.24) is 9.55 Å². The first-order chi connectivity index (χ1) is 11.5. The standard InChI is InChI=1S/C20H23ClN2O/c1-13-10-18-19(11-14(13)2)23(12-22-18)6-5-7-24-17-8-15(3)20(21)16(4)9-17/h8-12H,5-7H2,1-4H3. The van der Waals surface area contributed by atoms with Crippen LogP contribution in [0.4, 0.5) is 0 Å². The summed E-state index contributed by atoms with van der Waals surface area (Å²) in [5.74, 6) is 0.886. The van der Waals surface area contributed by atoms with Crippen molar-refractivity contribution in [2.24, 2.45) is 0 Å². The van der Waals surface area contributed by atoms with Crippen molar-refractivity contribution in [3.05, 3.63) is 57.9 Å². The van der Waals surface area contributed by atoms with Gasteiger partial charge in [0.05, 0.1) is 24.0 Å². The average molecular weight is 343 g/mol. The van der Waals surface area contributed by atoms with E-state index in [0.29, 0.717) is 6.61 Å². The highest BCUT2D eigenvalue weighted by molar-refractivity contribution is 6.32. The van der Waals surface area contributed by atoms with E-state index in [-0.39, 0.29) is 0 Å². The van der Waals surface area contributed by atoms with Gasteiger partial charge in [-0.25, -0.2) is 4.98 Å². The smallest absolute Gasteiger partial charge is 0.119 e. The lowest BCUT2D eigenvalue weighted by Gasteiger charge is -2.11. The van der Waals surface area contributed by atoms with E-state index in [2.05, 4.69) is 35.5 Å². The summed E-state index contributed by atoms with van der Waals surface area (Å²) in [6.07, 6.45) is 2.85. The Morgan fingerprint density at radius 2 is 1.62 bits per heavy atom. The molecule has 4 heteroatoms. The van der Waals surface area contributed by atoms with E-state index in [4.69, 9.17) is 16.3 Å². The van der Waals surface area contributed by atoms with Crippen molar-refractivity contribution in [2.45, 2.75) is 40.7 Å². The second kappa shape index (κ2) is 6.86. The molecule has 0 saturated carbocycles. The Balaban J connectivity index is 1.62. The molecule has 3 rings (SSSR count). The number of halogens is 1. The molecule has 0 saturated heterocycles. The van der Waals surface area contributed by atoms with Crippen LogP contribution in [0.15, 0.2) is 30.6 Å². The van der Waals surface area contributed by atoms with Crippen LogP contribution in [0.5, 0.6) is 5.75 Å². The summed E-state index contributed by atoms with van der Waals surface area (Å²) >= 11 is 6.19. The molecule has 2 aromatic carbocycles. The summed E-state index contributed by atoms with van der Waals surface area (Å²) in [4.78, 5) is 4.50. The van der Waals surface area contributed by atoms with E-state index in [1.54, 1.807) is 0 Å². The molecule has 0 amide bonds. The van der Waals surface area contributed by atoms with Crippen LogP contribution in [0.1, 0.15) is 28.7 Å². The Morgan fingerprint density at radius 3 is 2.33 bits per heavy atom. The van der Waals surface area contributed by atoms with E-state index >= 15 is 0 Å². The maximum Gasteiger partial charge on any atom is 0.119 e. The number of ether oxygens (including phenoxy) is 1. The Kier molecular flexibility index (Phi) is 4.81. The normalized spacial score (nSPS) is 11.2. The van der Waals surface area contributed by atoms with Crippen molar-refractivity contribution < 1.29 is 4.74 Å². The molecule has 0 aliphatic heterocycles. The van der Waals surface area contributed by atoms with Gasteiger partial charge in [-0.2, -0.15) is 0 Å². The second-order valence-electron chi connectivity index (χ2n) is 6.44. The fourth-order valence-electron chi connectivity index (χ4n) is 2.91. The number of hydrogen-bond donors (Lipinski definition) is 0. The third kappa shape index (κ3) is 3.41. The van der Waals surface area contributed by atoms with E-state index in [0.717, 1.165) is 40.4 Å². The lowest BCUT2D eigenvalue weighted by Crippen LogP contribution is -2.04. The van der Waals surface area contributed by atoms with Gasteiger partial charge in [-0.3, -0.25) is 0 Å². The third-order valence-electron chi connectivity index (χ3n) is 4.46. The van der Waals surface area contributed by atoms with Gasteiger partial charge < -0.3 is 9.30 Å². The number of fused-ring (bicyclic) bond motifs is 1. The van der Waals surface area contributed by atoms with Crippen molar-refractivity contribution in [3.63, 3.8) is 0 Å². The number of aryl methyl sites for hydroxylation is 5. The lowest BCUT2D eigenvalue weighted by molar-refractivity contribution is 0.302. The Hall–Kier alpha value is -2.00. The summed E-state index contributed by atoms with van der Waals surface area (Å²) in [6, 6.07) is 8.35. The predicted octanol–water partition coefficient (Wildman–Crippen LogP) is 5.39. The molecule has 0 unspecified atom stereocenters. The van der Waals surface area contributed by atoms with Crippen LogP contribution < -0.4 is 4.74 Å². The summed E-state index contributed by atoms with van der Waals surface area (Å²) in [6.45, 7) is 9.84. The molecular weight excluding hydrogens is 320 g/mol. The Bertz CT molecular complexity index is 860. The maximum atomic E-state index is 6.19. The fraction of sp³-hybridized carbons (Fsp3) is 0.350. The lowest BCUT2D eigenvalue weighted by atomic mass is 10.1. The molecule has 0 atom stereocenters. The van der Waals surface area contributed by atoms with Gasteiger partial charge in [0, 0.05) is 11.6 Å². The molecule has 126 valence electrons. The zero-order valence-corrected chi connectivity index (χ0v) is 15.4. The van der Waals surface area contributed by atoms with E-state index in [1.165, 1.54) is 16.6 Å². The van der Waals surface area contributed by atoms with Crippen LogP contribution >= 0.6 is 11.6 Å². The average Bonchev–Trinajstić information content (AvgIpc) is 2.91. The van der Waals surface area contributed by atoms with Crippen LogP contribution in [0.2, 0.25) is 5.02 Å². The number of benzene rings is 2. The summed E-state index contributed by atoms with van der Waals surface area (Å²) in [5.41, 5.74) is 6.94. The van der Waals surface area contributed by atoms with Crippen molar-refractivity contribution in [2.75, 3.05) is 6.61 Å². The monoisotopic (exact) mass is 342 g/mol. The zero-order valence-electron chi connectivity index (χ0n) is 14.7. The number of hydrogen-bond acceptors (Lipinski definition) is 2. The van der Waals surface area contributed by atoms with Gasteiger partial charge in [0.2, 0.25) is 0 Å². The molecule has 0 aliphatic rings. The summed E-state index contributed by atoms with van der Waals surface area (Å²) in [7, 11) is 0. The molecule has 24 heavy (non-hydrogen) atoms. The molecule has 1 heterocycles. The third-order valence-corrected chi connectivity index (χ3v) is 5.05. The number of nitrogens with zero attached hydrogens (tertiary/aromatic N) is 2. The van der Waals surface area contributed by atoms with Gasteiger partial charge >= 0.3 is 0 Å². The van der Waals surface area contributed by atoms with E-state index in [1.807, 2.05) is 32.3 Å². The van der Waals surface area contributed by atoms with Crippen molar-refractivity contribution >= 4 is 22.6 Å². The van der Waals surface area contributed by atoms with Crippen LogP contribution in [0.25, 0.3) is 11.0 Å². The quantitative estimate of drug-likeness (QED) is 0.581. The maximum absolute atomic E-state index is 6.19. The molecule has 0 bridgehead atoms. The highest BCUT2D eigenvalue weighted by atomic mass is 35.5. The van der Waals surface area contributed by atoms with E-state index < -0.39 is 0 Å². The van der Waals surface area contributed by atoms with Crippen molar-refractivity contribution in [3.8, 4) is 5.75 Å². The molecule has 1 aromatic heterocycles. The first kappa shape index (κ1) is 16.8. The summed E-state index contributed by atoms with van der Waals surface area (Å²) < 4.78 is 8.08. The number of aromatic nitrogens is 2. The molecule has 3 aromatic rings. The minimum Gasteiger partial charge on any atom is -0.494 e. The van der Waals surface area contributed by atoms with Crippen LogP contribution in [0, 0.1) is 27.7 Å². The van der Waals surface area contributed by atoms with Gasteiger partial charge in [-0.05, 0) is 80.6 Å². The Morgan fingerprint density at radius 1 is 0.958 bits per heavy atom. The molecule has 0 aliphatic carbocycles. The SMILES string of the molecule is Cc1cc2ncn(CCCOc3cc(C)c(Cl)c(C)c3)c2cc1C. The minimum absolute atomic E-state index is 0.672. The van der Waals surface area contributed by atoms with Crippen LogP contribution in [-0.4, -0.2) is 16.2 Å².